The van der Waals surface area contributed by atoms with Crippen LogP contribution >= 0.6 is 0 Å². The number of aromatic nitrogens is 5. The lowest BCUT2D eigenvalue weighted by atomic mass is 10.0. The minimum atomic E-state index is -0.685. The van der Waals surface area contributed by atoms with E-state index in [9.17, 15) is 9.18 Å². The Balaban J connectivity index is 1.24. The molecule has 0 radical (unpaired) electrons. The fourth-order valence-electron chi connectivity index (χ4n) is 5.66. The summed E-state index contributed by atoms with van der Waals surface area (Å²) < 4.78 is 22.7. The van der Waals surface area contributed by atoms with E-state index in [-0.39, 0.29) is 11.7 Å². The maximum absolute atomic E-state index is 13.3. The second kappa shape index (κ2) is 9.61. The molecule has 4 aromatic rings. The standard InChI is InChI=1S/C27H31FN6O2/c1-32-26-25(34(27(32)35)21-5-2-3-6-21)22-15-18(7-9-23(22)30-31-26)19-8-10-24(29-16-19)36-14-4-12-33-13-11-20(28)17-33/h7-10,15-16,20-21H,2-6,11-14,17H2,1H3/t20-/m0/s1. The van der Waals surface area contributed by atoms with Crippen molar-refractivity contribution in [2.75, 3.05) is 26.2 Å². The van der Waals surface area contributed by atoms with Crippen LogP contribution in [0.3, 0.4) is 0 Å². The normalized spacial score (nSPS) is 19.1. The van der Waals surface area contributed by atoms with Crippen LogP contribution in [0.15, 0.2) is 41.3 Å². The van der Waals surface area contributed by atoms with E-state index in [1.165, 1.54) is 0 Å². The van der Waals surface area contributed by atoms with Crippen molar-refractivity contribution in [3.05, 3.63) is 47.0 Å². The van der Waals surface area contributed by atoms with E-state index >= 15 is 0 Å². The van der Waals surface area contributed by atoms with Gasteiger partial charge in [-0.2, -0.15) is 0 Å². The Bertz CT molecular complexity index is 1440. The van der Waals surface area contributed by atoms with E-state index in [4.69, 9.17) is 4.74 Å². The van der Waals surface area contributed by atoms with Gasteiger partial charge in [-0.3, -0.25) is 9.13 Å². The number of rotatable bonds is 7. The predicted octanol–water partition coefficient (Wildman–Crippen LogP) is 4.27. The number of likely N-dealkylation sites (tertiary alicyclic amines) is 1. The Morgan fingerprint density at radius 2 is 1.92 bits per heavy atom. The number of pyridine rings is 1. The first-order valence-electron chi connectivity index (χ1n) is 12.9. The smallest absolute Gasteiger partial charge is 0.330 e. The Labute approximate surface area is 208 Å². The summed E-state index contributed by atoms with van der Waals surface area (Å²) in [6.45, 7) is 2.77. The van der Waals surface area contributed by atoms with Gasteiger partial charge in [0.25, 0.3) is 0 Å². The molecule has 1 saturated carbocycles. The fourth-order valence-corrected chi connectivity index (χ4v) is 5.66. The van der Waals surface area contributed by atoms with Crippen LogP contribution in [0, 0.1) is 0 Å². The Morgan fingerprint density at radius 3 is 2.67 bits per heavy atom. The van der Waals surface area contributed by atoms with E-state index in [2.05, 4.69) is 26.1 Å². The third kappa shape index (κ3) is 4.25. The van der Waals surface area contributed by atoms with Gasteiger partial charge in [0, 0.05) is 55.9 Å². The van der Waals surface area contributed by atoms with Crippen LogP contribution in [-0.2, 0) is 7.05 Å². The Morgan fingerprint density at radius 1 is 1.08 bits per heavy atom. The molecule has 1 aliphatic carbocycles. The van der Waals surface area contributed by atoms with Crippen molar-refractivity contribution in [2.24, 2.45) is 7.05 Å². The zero-order chi connectivity index (χ0) is 24.6. The molecule has 3 aromatic heterocycles. The highest BCUT2D eigenvalue weighted by Gasteiger charge is 2.25. The average Bonchev–Trinajstić information content (AvgIpc) is 3.63. The zero-order valence-corrected chi connectivity index (χ0v) is 20.6. The maximum atomic E-state index is 13.3. The molecule has 0 bridgehead atoms. The van der Waals surface area contributed by atoms with Crippen molar-refractivity contribution in [3.8, 4) is 17.0 Å². The first-order chi connectivity index (χ1) is 17.6. The van der Waals surface area contributed by atoms with Crippen molar-refractivity contribution in [3.63, 3.8) is 0 Å². The summed E-state index contributed by atoms with van der Waals surface area (Å²) >= 11 is 0. The van der Waals surface area contributed by atoms with Gasteiger partial charge in [0.15, 0.2) is 5.65 Å². The minimum Gasteiger partial charge on any atom is -0.478 e. The first-order valence-corrected chi connectivity index (χ1v) is 12.9. The second-order valence-corrected chi connectivity index (χ2v) is 10.0. The van der Waals surface area contributed by atoms with Crippen molar-refractivity contribution < 1.29 is 9.13 Å². The molecule has 6 rings (SSSR count). The molecule has 0 unspecified atom stereocenters. The molecule has 188 valence electrons. The molecule has 1 atom stereocenters. The monoisotopic (exact) mass is 490 g/mol. The summed E-state index contributed by atoms with van der Waals surface area (Å²) in [4.78, 5) is 19.8. The molecule has 4 heterocycles. The quantitative estimate of drug-likeness (QED) is 0.360. The highest BCUT2D eigenvalue weighted by molar-refractivity contribution is 6.02. The van der Waals surface area contributed by atoms with Gasteiger partial charge in [-0.1, -0.05) is 18.9 Å². The lowest BCUT2D eigenvalue weighted by molar-refractivity contribution is 0.244. The van der Waals surface area contributed by atoms with Crippen molar-refractivity contribution in [1.82, 2.24) is 29.2 Å². The van der Waals surface area contributed by atoms with Crippen molar-refractivity contribution in [1.29, 1.82) is 0 Å². The predicted molar refractivity (Wildman–Crippen MR) is 137 cm³/mol. The van der Waals surface area contributed by atoms with Crippen LogP contribution in [0.1, 0.15) is 44.6 Å². The number of aryl methyl sites for hydroxylation is 1. The highest BCUT2D eigenvalue weighted by Crippen LogP contribution is 2.34. The molecule has 0 amide bonds. The van der Waals surface area contributed by atoms with Gasteiger partial charge in [0.2, 0.25) is 5.88 Å². The SMILES string of the molecule is Cn1c(=O)n(C2CCCC2)c2c3cc(-c4ccc(OCCCN5CC[C@H](F)C5)nc4)ccc3nnc21. The minimum absolute atomic E-state index is 0.0264. The molecule has 0 spiro atoms. The van der Waals surface area contributed by atoms with E-state index in [1.54, 1.807) is 11.6 Å². The summed E-state index contributed by atoms with van der Waals surface area (Å²) in [5, 5.41) is 9.70. The molecule has 8 nitrogen and oxygen atoms in total. The zero-order valence-electron chi connectivity index (χ0n) is 20.6. The van der Waals surface area contributed by atoms with Gasteiger partial charge >= 0.3 is 5.69 Å². The number of alkyl halides is 1. The highest BCUT2D eigenvalue weighted by atomic mass is 19.1. The summed E-state index contributed by atoms with van der Waals surface area (Å²) in [6, 6.07) is 10.1. The van der Waals surface area contributed by atoms with Gasteiger partial charge < -0.3 is 9.64 Å². The van der Waals surface area contributed by atoms with Crippen molar-refractivity contribution >= 4 is 22.1 Å². The lowest BCUT2D eigenvalue weighted by Crippen LogP contribution is -2.24. The largest absolute Gasteiger partial charge is 0.478 e. The Hall–Kier alpha value is -3.33. The number of ether oxygens (including phenoxy) is 1. The van der Waals surface area contributed by atoms with E-state index in [0.717, 1.165) is 72.7 Å². The number of nitrogens with zero attached hydrogens (tertiary/aromatic N) is 6. The number of benzene rings is 1. The summed E-state index contributed by atoms with van der Waals surface area (Å²) in [5.41, 5.74) is 4.20. The molecule has 1 aliphatic heterocycles. The van der Waals surface area contributed by atoms with Gasteiger partial charge in [-0.25, -0.2) is 14.2 Å². The van der Waals surface area contributed by atoms with Gasteiger partial charge in [0.05, 0.1) is 12.1 Å². The maximum Gasteiger partial charge on any atom is 0.330 e. The van der Waals surface area contributed by atoms with Gasteiger partial charge in [-0.05, 0) is 49.4 Å². The van der Waals surface area contributed by atoms with Crippen LogP contribution in [0.2, 0.25) is 0 Å². The summed E-state index contributed by atoms with van der Waals surface area (Å²) in [5.74, 6) is 0.579. The van der Waals surface area contributed by atoms with Crippen LogP contribution in [0.25, 0.3) is 33.2 Å². The number of fused-ring (bicyclic) bond motifs is 3. The second-order valence-electron chi connectivity index (χ2n) is 10.0. The summed E-state index contributed by atoms with van der Waals surface area (Å²) in [7, 11) is 1.77. The molecule has 1 aromatic carbocycles. The van der Waals surface area contributed by atoms with Crippen LogP contribution in [0.4, 0.5) is 4.39 Å². The summed E-state index contributed by atoms with van der Waals surface area (Å²) in [6.07, 6.45) is 6.93. The molecule has 9 heteroatoms. The fraction of sp³-hybridized carbons (Fsp3) is 0.481. The number of imidazole rings is 1. The van der Waals surface area contributed by atoms with Crippen molar-refractivity contribution in [2.45, 2.75) is 50.7 Å². The molecule has 1 saturated heterocycles. The average molecular weight is 491 g/mol. The number of hydrogen-bond donors (Lipinski definition) is 0. The molecule has 36 heavy (non-hydrogen) atoms. The van der Waals surface area contributed by atoms with E-state index in [0.29, 0.717) is 31.1 Å². The lowest BCUT2D eigenvalue weighted by Gasteiger charge is -2.14. The van der Waals surface area contributed by atoms with Crippen LogP contribution in [0.5, 0.6) is 5.88 Å². The van der Waals surface area contributed by atoms with Crippen LogP contribution < -0.4 is 10.4 Å². The third-order valence-electron chi connectivity index (χ3n) is 7.61. The number of hydrogen-bond acceptors (Lipinski definition) is 6. The van der Waals surface area contributed by atoms with E-state index in [1.807, 2.05) is 35.0 Å². The van der Waals surface area contributed by atoms with E-state index < -0.39 is 6.17 Å². The molecular formula is C27H31FN6O2. The van der Waals surface area contributed by atoms with Crippen LogP contribution in [-0.4, -0.2) is 61.6 Å². The Kier molecular flexibility index (Phi) is 6.17. The first kappa shape index (κ1) is 23.1. The van der Waals surface area contributed by atoms with Gasteiger partial charge in [0.1, 0.15) is 11.7 Å². The topological polar surface area (TPSA) is 78.1 Å². The molecular weight excluding hydrogens is 459 g/mol. The molecule has 0 N–H and O–H groups in total. The third-order valence-corrected chi connectivity index (χ3v) is 7.61. The number of halogens is 1. The molecule has 2 aliphatic rings. The van der Waals surface area contributed by atoms with Gasteiger partial charge in [-0.15, -0.1) is 10.2 Å². The molecule has 2 fully saturated rings.